The van der Waals surface area contributed by atoms with Gasteiger partial charge in [0, 0.05) is 11.2 Å². The van der Waals surface area contributed by atoms with Crippen LogP contribution in [0.15, 0.2) is 0 Å². The molecule has 0 saturated heterocycles. The van der Waals surface area contributed by atoms with Gasteiger partial charge in [-0.15, -0.1) is 4.65 Å². The average Bonchev–Trinajstić information content (AvgIpc) is 3.16. The molecule has 0 N–H and O–H groups in total. The Balaban J connectivity index is 4.31. The Morgan fingerprint density at radius 2 is 0.868 bits per heavy atom. The maximum atomic E-state index is 12.7. The van der Waals surface area contributed by atoms with Crippen molar-refractivity contribution in [3.05, 3.63) is 0 Å². The van der Waals surface area contributed by atoms with Crippen LogP contribution in [-0.4, -0.2) is 55.5 Å². The number of hydrogen-bond donors (Lipinski definition) is 0. The maximum absolute atomic E-state index is 12.7. The van der Waals surface area contributed by atoms with E-state index in [1.54, 1.807) is 0 Å². The highest BCUT2D eigenvalue weighted by Gasteiger charge is 2.32. The highest BCUT2D eigenvalue weighted by molar-refractivity contribution is 7.38. The van der Waals surface area contributed by atoms with E-state index in [2.05, 4.69) is 13.8 Å². The third kappa shape index (κ3) is 34.2. The van der Waals surface area contributed by atoms with Crippen molar-refractivity contribution in [1.82, 2.24) is 0 Å². The fourth-order valence-electron chi connectivity index (χ4n) is 6.93. The van der Waals surface area contributed by atoms with Crippen molar-refractivity contribution in [3.8, 4) is 0 Å². The molecule has 0 rings (SSSR count). The predicted octanol–water partition coefficient (Wildman–Crippen LogP) is 12.7. The van der Waals surface area contributed by atoms with Crippen LogP contribution in [0.4, 0.5) is 0 Å². The largest absolute Gasteiger partial charge is 0.628 e. The Morgan fingerprint density at radius 3 is 1.23 bits per heavy atom. The van der Waals surface area contributed by atoms with E-state index in [4.69, 9.17) is 18.6 Å². The summed E-state index contributed by atoms with van der Waals surface area (Å²) in [5.41, 5.74) is 0. The van der Waals surface area contributed by atoms with E-state index in [0.29, 0.717) is 32.5 Å². The zero-order valence-corrected chi connectivity index (χ0v) is 36.8. The summed E-state index contributed by atoms with van der Waals surface area (Å²) in [6.45, 7) is 12.3. The molecule has 53 heavy (non-hydrogen) atoms. The smallest absolute Gasteiger partial charge is 0.574 e. The zero-order valence-electron chi connectivity index (χ0n) is 35.8. The van der Waals surface area contributed by atoms with Gasteiger partial charge in [0.25, 0.3) is 8.60 Å². The molecular weight excluding hydrogens is 685 g/mol. The third-order valence-corrected chi connectivity index (χ3v) is 11.8. The SMILES string of the molecule is CCCCCCCCCCCCCCCCCCC(=[O+])OC[C@H](CO[PH+]([O-])O[N+](CC)(CC)CC)OC(=O)CCCCCCCCCCCCCCC. The molecule has 0 saturated carbocycles. The summed E-state index contributed by atoms with van der Waals surface area (Å²) < 4.78 is 22.8. The number of esters is 2. The van der Waals surface area contributed by atoms with Crippen LogP contribution in [0.2, 0.25) is 0 Å². The number of hydrogen-bond acceptors (Lipinski definition) is 7. The highest BCUT2D eigenvalue weighted by atomic mass is 31.2. The van der Waals surface area contributed by atoms with Gasteiger partial charge in [0.1, 0.15) is 32.7 Å². The van der Waals surface area contributed by atoms with Crippen LogP contribution in [0.1, 0.15) is 234 Å². The minimum absolute atomic E-state index is 0.105. The Hall–Kier alpha value is -0.790. The summed E-state index contributed by atoms with van der Waals surface area (Å²) in [6.07, 6.45) is 36.5. The van der Waals surface area contributed by atoms with Gasteiger partial charge in [-0.2, -0.15) is 0 Å². The number of unbranched alkanes of at least 4 members (excludes halogenated alkanes) is 27. The molecule has 2 atom stereocenters. The second-order valence-corrected chi connectivity index (χ2v) is 16.5. The number of carbonyl (C=O) groups excluding carboxylic acids is 2. The molecule has 0 fully saturated rings. The average molecular weight is 775 g/mol. The number of carbonyl (C=O) groups is 2. The lowest BCUT2D eigenvalue weighted by Crippen LogP contribution is -2.47. The predicted molar refractivity (Wildman–Crippen MR) is 223 cm³/mol. The van der Waals surface area contributed by atoms with E-state index >= 15 is 0 Å². The summed E-state index contributed by atoms with van der Waals surface area (Å²) in [4.78, 5) is 38.0. The van der Waals surface area contributed by atoms with Crippen LogP contribution >= 0.6 is 8.60 Å². The molecule has 0 spiro atoms. The van der Waals surface area contributed by atoms with Crippen LogP contribution in [0.5, 0.6) is 0 Å². The van der Waals surface area contributed by atoms with Gasteiger partial charge in [0.05, 0.1) is 0 Å². The first-order valence-corrected chi connectivity index (χ1v) is 24.2. The van der Waals surface area contributed by atoms with E-state index in [0.717, 1.165) is 38.5 Å². The second-order valence-electron chi connectivity index (χ2n) is 15.5. The first kappa shape index (κ1) is 52.2. The van der Waals surface area contributed by atoms with Crippen LogP contribution in [0.3, 0.4) is 0 Å². The van der Waals surface area contributed by atoms with Crippen molar-refractivity contribution in [2.75, 3.05) is 32.8 Å². The molecule has 9 heteroatoms. The van der Waals surface area contributed by atoms with Gasteiger partial charge in [0.2, 0.25) is 6.61 Å². The molecule has 0 aromatic heterocycles. The van der Waals surface area contributed by atoms with E-state index in [1.165, 1.54) is 148 Å². The summed E-state index contributed by atoms with van der Waals surface area (Å²) >= 11 is 0. The molecule has 315 valence electrons. The molecule has 1 radical (unpaired) electrons. The summed E-state index contributed by atoms with van der Waals surface area (Å²) in [5.74, 6) is -0.632. The fraction of sp³-hybridized carbons (Fsp3) is 0.955. The van der Waals surface area contributed by atoms with Gasteiger partial charge in [-0.05, 0) is 38.2 Å². The van der Waals surface area contributed by atoms with Crippen LogP contribution in [0, 0.1) is 0 Å². The van der Waals surface area contributed by atoms with E-state index < -0.39 is 14.7 Å². The zero-order chi connectivity index (χ0) is 39.1. The number of hydroxylamine groups is 3. The van der Waals surface area contributed by atoms with E-state index in [1.807, 2.05) is 20.8 Å². The minimum atomic E-state index is -2.84. The van der Waals surface area contributed by atoms with Gasteiger partial charge in [-0.1, -0.05) is 187 Å². The Bertz CT molecular complexity index is 789. The van der Waals surface area contributed by atoms with Crippen molar-refractivity contribution in [2.24, 2.45) is 0 Å². The molecular formula is C44H89NO7P+2. The van der Waals surface area contributed by atoms with Crippen LogP contribution in [0.25, 0.3) is 0 Å². The lowest BCUT2D eigenvalue weighted by atomic mass is 10.0. The van der Waals surface area contributed by atoms with Crippen molar-refractivity contribution < 1.29 is 37.8 Å². The van der Waals surface area contributed by atoms with E-state index in [9.17, 15) is 14.5 Å². The Labute approximate surface area is 330 Å². The molecule has 0 aliphatic carbocycles. The van der Waals surface area contributed by atoms with Crippen molar-refractivity contribution in [2.45, 2.75) is 240 Å². The number of rotatable bonds is 42. The first-order valence-electron chi connectivity index (χ1n) is 22.9. The lowest BCUT2D eigenvalue weighted by molar-refractivity contribution is -1.08. The Morgan fingerprint density at radius 1 is 0.528 bits per heavy atom. The molecule has 1 unspecified atom stereocenters. The number of quaternary nitrogens is 1. The number of nitrogens with zero attached hydrogens (tertiary/aromatic N) is 1. The van der Waals surface area contributed by atoms with Crippen molar-refractivity contribution in [3.63, 3.8) is 0 Å². The number of ether oxygens (including phenoxy) is 2. The normalized spacial score (nSPS) is 12.9. The van der Waals surface area contributed by atoms with Gasteiger partial charge in [-0.25, -0.2) is 4.52 Å². The van der Waals surface area contributed by atoms with Crippen LogP contribution in [-0.2, 0) is 28.2 Å². The van der Waals surface area contributed by atoms with Gasteiger partial charge in [-0.3, -0.25) is 4.79 Å². The molecule has 0 aliphatic rings. The highest BCUT2D eigenvalue weighted by Crippen LogP contribution is 2.33. The molecule has 8 nitrogen and oxygen atoms in total. The minimum Gasteiger partial charge on any atom is -0.628 e. The lowest BCUT2D eigenvalue weighted by Gasteiger charge is -2.31. The molecule has 0 bridgehead atoms. The standard InChI is InChI=1S/C44H89NO7P/c1-6-11-13-15-17-19-21-23-24-25-27-28-30-32-34-36-38-43(46)49-40-42(41-50-53(48)52-45(8-3,9-4)10-5)51-44(47)39-37-35-33-31-29-26-22-20-18-16-14-12-7-2/h42,53H,6-41H2,1-5H3/q+2/t42-/m1/s1. The summed E-state index contributed by atoms with van der Waals surface area (Å²) in [7, 11) is -2.84. The van der Waals surface area contributed by atoms with Gasteiger partial charge >= 0.3 is 11.9 Å². The summed E-state index contributed by atoms with van der Waals surface area (Å²) in [6, 6.07) is 0. The van der Waals surface area contributed by atoms with Gasteiger partial charge < -0.3 is 14.4 Å². The first-order chi connectivity index (χ1) is 25.9. The van der Waals surface area contributed by atoms with Crippen molar-refractivity contribution >= 4 is 20.5 Å². The monoisotopic (exact) mass is 775 g/mol. The third-order valence-electron chi connectivity index (χ3n) is 10.8. The maximum Gasteiger partial charge on any atom is 0.574 e. The van der Waals surface area contributed by atoms with E-state index in [-0.39, 0.29) is 29.8 Å². The van der Waals surface area contributed by atoms with Crippen molar-refractivity contribution in [1.29, 1.82) is 0 Å². The second kappa shape index (κ2) is 39.4. The fourth-order valence-corrected chi connectivity index (χ4v) is 8.01. The van der Waals surface area contributed by atoms with Crippen LogP contribution < -0.4 is 4.89 Å². The molecule has 0 amide bonds. The molecule has 0 aliphatic heterocycles. The molecule has 0 aromatic carbocycles. The Kier molecular flexibility index (Phi) is 38.9. The molecule has 0 aromatic rings. The topological polar surface area (TPSA) is 97.0 Å². The summed E-state index contributed by atoms with van der Waals surface area (Å²) in [5, 5.41) is 0. The molecule has 0 heterocycles. The quantitative estimate of drug-likeness (QED) is 0.0152. The van der Waals surface area contributed by atoms with Gasteiger partial charge in [0.15, 0.2) is 6.10 Å².